The van der Waals surface area contributed by atoms with Crippen LogP contribution in [-0.2, 0) is 50.7 Å². The fraction of sp³-hybridized carbons (Fsp3) is 0.792. The molecule has 30 heteroatoms. The molecule has 26 nitrogen and oxygen atoms in total. The summed E-state index contributed by atoms with van der Waals surface area (Å²) in [7, 11) is -16.5. The van der Waals surface area contributed by atoms with Gasteiger partial charge in [0.2, 0.25) is 16.9 Å². The van der Waals surface area contributed by atoms with E-state index in [9.17, 15) is 68.1 Å². The number of nitrogens with zero attached hydrogens (tertiary/aromatic N) is 4. The number of fused-ring (bicyclic) bond motifs is 6. The lowest BCUT2D eigenvalue weighted by molar-refractivity contribution is -0.174. The number of amides is 2. The van der Waals surface area contributed by atoms with Crippen molar-refractivity contribution in [1.82, 2.24) is 30.2 Å². The first kappa shape index (κ1) is 62.8. The number of rotatable bonds is 24. The molecule has 0 spiro atoms. The molecule has 78 heavy (non-hydrogen) atoms. The minimum Gasteiger partial charge on any atom is -0.393 e. The predicted molar refractivity (Wildman–Crippen MR) is 282 cm³/mol. The van der Waals surface area contributed by atoms with E-state index in [4.69, 9.17) is 19.5 Å². The first-order chi connectivity index (χ1) is 36.4. The lowest BCUT2D eigenvalue weighted by Crippen LogP contribution is -2.58. The number of aliphatic hydroxyl groups is 4. The van der Waals surface area contributed by atoms with Gasteiger partial charge in [0.1, 0.15) is 36.3 Å². The molecule has 1 saturated heterocycles. The maximum atomic E-state index is 13.0. The summed E-state index contributed by atoms with van der Waals surface area (Å²) in [4.78, 5) is 89.8. The molecule has 4 aliphatic carbocycles. The van der Waals surface area contributed by atoms with E-state index < -0.39 is 84.6 Å². The van der Waals surface area contributed by atoms with Gasteiger partial charge in [0, 0.05) is 30.7 Å². The Hall–Kier alpha value is -2.78. The van der Waals surface area contributed by atoms with E-state index in [2.05, 4.69) is 55.2 Å². The molecule has 2 aromatic rings. The summed E-state index contributed by atoms with van der Waals surface area (Å²) in [5.74, 6) is 1.56. The molecule has 0 radical (unpaired) electrons. The Labute approximate surface area is 457 Å². The third kappa shape index (κ3) is 14.5. The van der Waals surface area contributed by atoms with Crippen LogP contribution in [0.2, 0.25) is 0 Å². The predicted octanol–water partition coefficient (Wildman–Crippen LogP) is 4.02. The number of aliphatic hydroxyl groups excluding tert-OH is 4. The van der Waals surface area contributed by atoms with Crippen molar-refractivity contribution in [1.29, 1.82) is 0 Å². The number of carbonyl (C=O) groups excluding carboxylic acids is 3. The van der Waals surface area contributed by atoms with Crippen LogP contribution in [0, 0.1) is 51.8 Å². The van der Waals surface area contributed by atoms with E-state index in [0.717, 1.165) is 86.8 Å². The second kappa shape index (κ2) is 25.0. The maximum Gasteiger partial charge on any atom is 0.481 e. The Morgan fingerprint density at radius 1 is 0.962 bits per heavy atom. The Morgan fingerprint density at radius 3 is 2.37 bits per heavy atom. The molecule has 17 atom stereocenters. The van der Waals surface area contributed by atoms with Gasteiger partial charge in [-0.3, -0.25) is 32.5 Å². The average Bonchev–Trinajstić information content (AvgIpc) is 4.21. The lowest BCUT2D eigenvalue weighted by atomic mass is 9.43. The summed E-state index contributed by atoms with van der Waals surface area (Å²) in [6, 6.07) is 0. The Morgan fingerprint density at radius 2 is 1.65 bits per heavy atom. The van der Waals surface area contributed by atoms with Crippen molar-refractivity contribution in [3.63, 3.8) is 0 Å². The number of phosphoric ester groups is 3. The van der Waals surface area contributed by atoms with Crippen molar-refractivity contribution in [2.75, 3.05) is 37.8 Å². The van der Waals surface area contributed by atoms with Gasteiger partial charge in [-0.05, 0) is 123 Å². The highest BCUT2D eigenvalue weighted by Crippen LogP contribution is 2.68. The van der Waals surface area contributed by atoms with Gasteiger partial charge in [-0.25, -0.2) is 28.6 Å². The standard InChI is InChI=1S/C48H78N7O19P3S/c1-26(30-10-11-31-36-32(13-16-48(30,31)6)47(5)15-12-29(56)20-28(47)21-33(36)57)8-7-9-27(2)45(62)78-19-18-50-35(58)14-17-51-43(61)40(60)46(3,4)23-71-77(68,69)74-76(66,67)70-22-34-39(73-75(63,64)65)38(59)44(72-34)55-25-54-37-41(49)52-24-53-42(37)55/h9,24-26,28-34,36,38-40,44,56-57,59-60H,7-8,10-23H2,1-6H3,(H,50,58)(H,51,61)(H,66,67)(H,68,69)(H2,49,52,53)(H2,63,64,65)/b27-9+/t26-,28+,29-,30-,31+,32+,33-,34-,36+,38-,39-,40+,44-,47+,48-/m1/s1. The first-order valence-corrected chi connectivity index (χ1v) is 32.0. The number of allylic oxidation sites excluding steroid dienone is 1. The topological polar surface area (TPSA) is 404 Å². The van der Waals surface area contributed by atoms with Crippen LogP contribution in [0.4, 0.5) is 5.82 Å². The van der Waals surface area contributed by atoms with Crippen molar-refractivity contribution >= 4 is 69.1 Å². The highest BCUT2D eigenvalue weighted by atomic mass is 32.2. The van der Waals surface area contributed by atoms with Gasteiger partial charge in [0.15, 0.2) is 17.7 Å². The minimum absolute atomic E-state index is 0.0280. The summed E-state index contributed by atoms with van der Waals surface area (Å²) in [5, 5.41) is 48.7. The van der Waals surface area contributed by atoms with Crippen molar-refractivity contribution in [3.05, 3.63) is 24.3 Å². The summed E-state index contributed by atoms with van der Waals surface area (Å²) in [6.45, 7) is 9.48. The first-order valence-electron chi connectivity index (χ1n) is 26.5. The molecular formula is C48H78N7O19P3S. The molecule has 12 N–H and O–H groups in total. The SMILES string of the molecule is C/C(=C\CC[C@@H](C)[C@H]1CC[C@H]2[C@@H]3[C@H](O)C[C@@H]4C[C@H](O)CC[C@]4(C)[C@H]3CC[C@]12C)C(=O)SCCNC(=O)CCNC(=O)[C@H](O)C(C)(C)COP(=O)(O)OP(=O)(O)OC[C@H]1O[C@@H](n2cnc3c(N)ncnc32)[C@H](O)[C@@H]1OP(=O)(O)O. The number of carbonyl (C=O) groups is 3. The molecule has 2 unspecified atom stereocenters. The third-order valence-electron chi connectivity index (χ3n) is 17.5. The number of imidazole rings is 1. The molecular weight excluding hydrogens is 1100 g/mol. The number of ether oxygens (including phenoxy) is 1. The van der Waals surface area contributed by atoms with Crippen LogP contribution in [0.25, 0.3) is 11.2 Å². The fourth-order valence-corrected chi connectivity index (χ4v) is 16.9. The molecule has 2 amide bonds. The summed E-state index contributed by atoms with van der Waals surface area (Å²) in [6.07, 6.45) is 4.28. The Balaban J connectivity index is 0.775. The highest BCUT2D eigenvalue weighted by Gasteiger charge is 2.63. The van der Waals surface area contributed by atoms with E-state index in [0.29, 0.717) is 46.8 Å². The van der Waals surface area contributed by atoms with Crippen LogP contribution >= 0.6 is 35.2 Å². The lowest BCUT2D eigenvalue weighted by Gasteiger charge is -2.62. The van der Waals surface area contributed by atoms with Crippen molar-refractivity contribution in [3.8, 4) is 0 Å². The van der Waals surface area contributed by atoms with E-state index in [-0.39, 0.29) is 64.6 Å². The van der Waals surface area contributed by atoms with Crippen molar-refractivity contribution < 1.29 is 90.7 Å². The molecule has 5 aliphatic rings. The van der Waals surface area contributed by atoms with Crippen LogP contribution < -0.4 is 16.4 Å². The van der Waals surface area contributed by atoms with Gasteiger partial charge in [-0.15, -0.1) is 0 Å². The highest BCUT2D eigenvalue weighted by molar-refractivity contribution is 8.14. The zero-order valence-corrected chi connectivity index (χ0v) is 48.2. The number of nitrogens with one attached hydrogen (secondary N) is 2. The van der Waals surface area contributed by atoms with E-state index >= 15 is 0 Å². The van der Waals surface area contributed by atoms with Crippen LogP contribution in [0.5, 0.6) is 0 Å². The summed E-state index contributed by atoms with van der Waals surface area (Å²) in [5.41, 5.74) is 5.28. The van der Waals surface area contributed by atoms with Gasteiger partial charge < -0.3 is 61.1 Å². The number of aromatic nitrogens is 4. The van der Waals surface area contributed by atoms with Gasteiger partial charge in [0.25, 0.3) is 0 Å². The van der Waals surface area contributed by atoms with Gasteiger partial charge in [0.05, 0.1) is 31.7 Å². The van der Waals surface area contributed by atoms with Crippen LogP contribution in [0.15, 0.2) is 24.3 Å². The second-order valence-electron chi connectivity index (χ2n) is 23.1. The van der Waals surface area contributed by atoms with Crippen molar-refractivity contribution in [2.24, 2.45) is 51.8 Å². The van der Waals surface area contributed by atoms with Crippen LogP contribution in [-0.4, -0.2) is 145 Å². The quantitative estimate of drug-likeness (QED) is 0.0402. The van der Waals surface area contributed by atoms with E-state index in [1.54, 1.807) is 6.92 Å². The fourth-order valence-electron chi connectivity index (χ4n) is 13.4. The second-order valence-corrected chi connectivity index (χ2v) is 28.4. The molecule has 5 fully saturated rings. The molecule has 7 rings (SSSR count). The number of hydrogen-bond acceptors (Lipinski definition) is 20. The zero-order valence-electron chi connectivity index (χ0n) is 44.7. The molecule has 4 saturated carbocycles. The number of nitrogens with two attached hydrogens (primary N) is 1. The number of hydrogen-bond donors (Lipinski definition) is 11. The van der Waals surface area contributed by atoms with Crippen LogP contribution in [0.1, 0.15) is 118 Å². The molecule has 440 valence electrons. The maximum absolute atomic E-state index is 13.0. The van der Waals surface area contributed by atoms with Gasteiger partial charge in [-0.2, -0.15) is 4.31 Å². The Kier molecular flexibility index (Phi) is 20.1. The number of anilines is 1. The molecule has 2 aromatic heterocycles. The minimum atomic E-state index is -5.60. The molecule has 3 heterocycles. The summed E-state index contributed by atoms with van der Waals surface area (Å²) >= 11 is 1.09. The van der Waals surface area contributed by atoms with E-state index in [1.165, 1.54) is 20.3 Å². The molecule has 0 bridgehead atoms. The van der Waals surface area contributed by atoms with Crippen LogP contribution in [0.3, 0.4) is 0 Å². The largest absolute Gasteiger partial charge is 0.481 e. The zero-order chi connectivity index (χ0) is 57.3. The summed E-state index contributed by atoms with van der Waals surface area (Å²) < 4.78 is 62.8. The average molecular weight is 1180 g/mol. The third-order valence-corrected chi connectivity index (χ3v) is 21.6. The molecule has 0 aromatic carbocycles. The molecule has 1 aliphatic heterocycles. The monoisotopic (exact) mass is 1180 g/mol. The number of phosphoric acid groups is 3. The number of nitrogen functional groups attached to an aromatic ring is 1. The number of thioether (sulfide) groups is 1. The van der Waals surface area contributed by atoms with Gasteiger partial charge >= 0.3 is 23.5 Å². The smallest absolute Gasteiger partial charge is 0.393 e. The normalized spacial score (nSPS) is 33.7. The van der Waals surface area contributed by atoms with Crippen molar-refractivity contribution in [2.45, 2.75) is 155 Å². The Bertz CT molecular complexity index is 2660. The van der Waals surface area contributed by atoms with Gasteiger partial charge in [-0.1, -0.05) is 52.5 Å². The van der Waals surface area contributed by atoms with E-state index in [1.807, 2.05) is 6.08 Å².